The van der Waals surface area contributed by atoms with Crippen molar-refractivity contribution in [3.63, 3.8) is 0 Å². The maximum Gasteiger partial charge on any atom is 0.160 e. The molecular formula is C12H15N3O. The fourth-order valence-electron chi connectivity index (χ4n) is 2.51. The summed E-state index contributed by atoms with van der Waals surface area (Å²) in [5.41, 5.74) is 0.947. The van der Waals surface area contributed by atoms with Crippen molar-refractivity contribution < 1.29 is 5.11 Å². The summed E-state index contributed by atoms with van der Waals surface area (Å²) < 4.78 is 1.70. The van der Waals surface area contributed by atoms with Crippen LogP contribution in [0.5, 0.6) is 0 Å². The van der Waals surface area contributed by atoms with Gasteiger partial charge in [-0.3, -0.25) is 0 Å². The third-order valence-corrected chi connectivity index (χ3v) is 3.40. The smallest absolute Gasteiger partial charge is 0.160 e. The van der Waals surface area contributed by atoms with E-state index in [9.17, 15) is 5.11 Å². The first-order valence-electron chi connectivity index (χ1n) is 5.83. The van der Waals surface area contributed by atoms with Crippen molar-refractivity contribution in [2.24, 2.45) is 0 Å². The van der Waals surface area contributed by atoms with Gasteiger partial charge in [-0.15, -0.1) is 5.10 Å². The maximum absolute atomic E-state index is 10.6. The van der Waals surface area contributed by atoms with Gasteiger partial charge < -0.3 is 5.11 Å². The summed E-state index contributed by atoms with van der Waals surface area (Å²) in [6.45, 7) is 0. The van der Waals surface area contributed by atoms with Gasteiger partial charge >= 0.3 is 0 Å². The predicted octanol–water partition coefficient (Wildman–Crippen LogP) is 2.04. The highest BCUT2D eigenvalue weighted by Crippen LogP contribution is 2.33. The molecule has 16 heavy (non-hydrogen) atoms. The molecule has 0 atom stereocenters. The number of rotatable bonds is 1. The first-order chi connectivity index (χ1) is 7.80. The number of fused-ring (bicyclic) bond motifs is 1. The molecule has 1 saturated carbocycles. The lowest BCUT2D eigenvalue weighted by molar-refractivity contribution is -0.0771. The third-order valence-electron chi connectivity index (χ3n) is 3.40. The molecule has 1 N–H and O–H groups in total. The van der Waals surface area contributed by atoms with Crippen LogP contribution in [-0.4, -0.2) is 20.1 Å². The molecule has 84 valence electrons. The van der Waals surface area contributed by atoms with E-state index in [1.807, 2.05) is 24.3 Å². The van der Waals surface area contributed by atoms with Crippen molar-refractivity contribution in [1.82, 2.24) is 15.0 Å². The topological polar surface area (TPSA) is 50.9 Å². The number of benzene rings is 1. The SMILES string of the molecule is OC1(n2nnc3ccccc32)CCCCC1. The largest absolute Gasteiger partial charge is 0.369 e. The molecule has 2 aromatic rings. The van der Waals surface area contributed by atoms with Crippen LogP contribution < -0.4 is 0 Å². The zero-order valence-electron chi connectivity index (χ0n) is 9.13. The average molecular weight is 217 g/mol. The summed E-state index contributed by atoms with van der Waals surface area (Å²) >= 11 is 0. The van der Waals surface area contributed by atoms with Crippen LogP contribution in [-0.2, 0) is 5.72 Å². The molecule has 0 spiro atoms. The molecule has 1 aliphatic carbocycles. The molecule has 1 aromatic carbocycles. The molecule has 0 aliphatic heterocycles. The molecule has 0 bridgehead atoms. The fourth-order valence-corrected chi connectivity index (χ4v) is 2.51. The van der Waals surface area contributed by atoms with Crippen LogP contribution in [0.4, 0.5) is 0 Å². The lowest BCUT2D eigenvalue weighted by Crippen LogP contribution is -2.36. The highest BCUT2D eigenvalue weighted by molar-refractivity contribution is 5.74. The Hall–Kier alpha value is -1.42. The molecule has 0 saturated heterocycles. The molecule has 1 heterocycles. The molecule has 0 unspecified atom stereocenters. The summed E-state index contributed by atoms with van der Waals surface area (Å²) in [7, 11) is 0. The van der Waals surface area contributed by atoms with E-state index in [2.05, 4.69) is 10.3 Å². The van der Waals surface area contributed by atoms with Crippen LogP contribution in [0.1, 0.15) is 32.1 Å². The van der Waals surface area contributed by atoms with Crippen LogP contribution >= 0.6 is 0 Å². The first-order valence-corrected chi connectivity index (χ1v) is 5.83. The lowest BCUT2D eigenvalue weighted by Gasteiger charge is -2.32. The predicted molar refractivity (Wildman–Crippen MR) is 60.8 cm³/mol. The molecule has 1 fully saturated rings. The molecule has 3 rings (SSSR count). The molecule has 4 nitrogen and oxygen atoms in total. The Morgan fingerprint density at radius 1 is 1.12 bits per heavy atom. The van der Waals surface area contributed by atoms with E-state index in [0.29, 0.717) is 0 Å². The van der Waals surface area contributed by atoms with Crippen molar-refractivity contribution in [3.05, 3.63) is 24.3 Å². The number of hydrogen-bond acceptors (Lipinski definition) is 3. The highest BCUT2D eigenvalue weighted by Gasteiger charge is 2.33. The summed E-state index contributed by atoms with van der Waals surface area (Å²) in [5, 5.41) is 18.8. The third kappa shape index (κ3) is 1.41. The monoisotopic (exact) mass is 217 g/mol. The van der Waals surface area contributed by atoms with E-state index in [4.69, 9.17) is 0 Å². The summed E-state index contributed by atoms with van der Waals surface area (Å²) in [4.78, 5) is 0. The van der Waals surface area contributed by atoms with Crippen molar-refractivity contribution >= 4 is 11.0 Å². The van der Waals surface area contributed by atoms with Gasteiger partial charge in [0.2, 0.25) is 0 Å². The molecule has 0 radical (unpaired) electrons. The van der Waals surface area contributed by atoms with Gasteiger partial charge in [0.15, 0.2) is 5.72 Å². The minimum atomic E-state index is -0.825. The van der Waals surface area contributed by atoms with E-state index < -0.39 is 5.72 Å². The molecular weight excluding hydrogens is 202 g/mol. The standard InChI is InChI=1S/C12H15N3O/c16-12(8-4-1-5-9-12)15-11-7-3-2-6-10(11)13-14-15/h2-3,6-7,16H,1,4-5,8-9H2. The molecule has 4 heteroatoms. The van der Waals surface area contributed by atoms with Crippen LogP contribution in [0.3, 0.4) is 0 Å². The summed E-state index contributed by atoms with van der Waals surface area (Å²) in [5.74, 6) is 0. The van der Waals surface area contributed by atoms with Crippen molar-refractivity contribution in [2.75, 3.05) is 0 Å². The number of aromatic nitrogens is 3. The zero-order chi connectivity index (χ0) is 11.0. The Labute approximate surface area is 93.9 Å². The van der Waals surface area contributed by atoms with Crippen LogP contribution in [0.15, 0.2) is 24.3 Å². The number of nitrogens with zero attached hydrogens (tertiary/aromatic N) is 3. The van der Waals surface area contributed by atoms with Gasteiger partial charge in [-0.25, -0.2) is 4.68 Å². The lowest BCUT2D eigenvalue weighted by atomic mass is 9.92. The van der Waals surface area contributed by atoms with Crippen molar-refractivity contribution in [2.45, 2.75) is 37.8 Å². The normalized spacial score (nSPS) is 20.1. The van der Waals surface area contributed by atoms with Gasteiger partial charge in [-0.05, 0) is 37.8 Å². The second-order valence-corrected chi connectivity index (χ2v) is 4.53. The Kier molecular flexibility index (Phi) is 2.17. The second kappa shape index (κ2) is 3.56. The van der Waals surface area contributed by atoms with E-state index in [1.54, 1.807) is 4.68 Å². The highest BCUT2D eigenvalue weighted by atomic mass is 16.3. The quantitative estimate of drug-likeness (QED) is 0.795. The fraction of sp³-hybridized carbons (Fsp3) is 0.500. The van der Waals surface area contributed by atoms with Crippen LogP contribution in [0.25, 0.3) is 11.0 Å². The number of para-hydroxylation sites is 1. The van der Waals surface area contributed by atoms with E-state index in [-0.39, 0.29) is 0 Å². The van der Waals surface area contributed by atoms with Gasteiger partial charge in [0.05, 0.1) is 5.52 Å². The average Bonchev–Trinajstić information content (AvgIpc) is 2.74. The van der Waals surface area contributed by atoms with Gasteiger partial charge in [-0.1, -0.05) is 23.8 Å². The van der Waals surface area contributed by atoms with Crippen molar-refractivity contribution in [3.8, 4) is 0 Å². The molecule has 1 aliphatic rings. The van der Waals surface area contributed by atoms with Crippen LogP contribution in [0.2, 0.25) is 0 Å². The number of aliphatic hydroxyl groups is 1. The first kappa shape index (κ1) is 9.78. The van der Waals surface area contributed by atoms with Crippen LogP contribution in [0, 0.1) is 0 Å². The van der Waals surface area contributed by atoms with Gasteiger partial charge in [0.1, 0.15) is 5.52 Å². The van der Waals surface area contributed by atoms with Gasteiger partial charge in [-0.2, -0.15) is 0 Å². The zero-order valence-corrected chi connectivity index (χ0v) is 9.13. The minimum absolute atomic E-state index is 0.778. The molecule has 0 amide bonds. The van der Waals surface area contributed by atoms with E-state index in [1.165, 1.54) is 6.42 Å². The van der Waals surface area contributed by atoms with Crippen molar-refractivity contribution in [1.29, 1.82) is 0 Å². The van der Waals surface area contributed by atoms with E-state index >= 15 is 0 Å². The number of hydrogen-bond donors (Lipinski definition) is 1. The summed E-state index contributed by atoms with van der Waals surface area (Å²) in [6.07, 6.45) is 4.88. The Bertz CT molecular complexity index is 500. The minimum Gasteiger partial charge on any atom is -0.369 e. The Morgan fingerprint density at radius 2 is 1.88 bits per heavy atom. The summed E-state index contributed by atoms with van der Waals surface area (Å²) in [6, 6.07) is 7.77. The van der Waals surface area contributed by atoms with Gasteiger partial charge in [0.25, 0.3) is 0 Å². The Morgan fingerprint density at radius 3 is 2.69 bits per heavy atom. The Balaban J connectivity index is 2.11. The maximum atomic E-state index is 10.6. The van der Waals surface area contributed by atoms with E-state index in [0.717, 1.165) is 36.7 Å². The molecule has 1 aromatic heterocycles. The second-order valence-electron chi connectivity index (χ2n) is 4.53. The van der Waals surface area contributed by atoms with Gasteiger partial charge in [0, 0.05) is 0 Å².